The summed E-state index contributed by atoms with van der Waals surface area (Å²) in [5, 5.41) is 0. The molecule has 112 valence electrons. The second-order valence-corrected chi connectivity index (χ2v) is 5.49. The smallest absolute Gasteiger partial charge is 0.110 e. The molecule has 0 bridgehead atoms. The molecule has 4 rings (SSSR count). The van der Waals surface area contributed by atoms with E-state index in [1.807, 2.05) is 25.4 Å². The van der Waals surface area contributed by atoms with E-state index in [0.29, 0.717) is 0 Å². The highest BCUT2D eigenvalue weighted by Gasteiger charge is 2.05. The van der Waals surface area contributed by atoms with E-state index in [1.54, 1.807) is 12.5 Å². The molecule has 4 aromatic rings. The normalized spacial score (nSPS) is 10.8. The molecule has 2 heterocycles. The summed E-state index contributed by atoms with van der Waals surface area (Å²) in [4.78, 5) is 4.30. The molecule has 0 aliphatic rings. The number of rotatable bonds is 3. The third-order valence-electron chi connectivity index (χ3n) is 4.00. The van der Waals surface area contributed by atoms with Crippen molar-refractivity contribution in [2.24, 2.45) is 0 Å². The summed E-state index contributed by atoms with van der Waals surface area (Å²) < 4.78 is 7.27. The van der Waals surface area contributed by atoms with E-state index < -0.39 is 0 Å². The van der Waals surface area contributed by atoms with E-state index in [2.05, 4.69) is 58.1 Å². The Labute approximate surface area is 134 Å². The van der Waals surface area contributed by atoms with Gasteiger partial charge in [0.1, 0.15) is 5.82 Å². The number of benzene rings is 2. The van der Waals surface area contributed by atoms with Crippen LogP contribution in [0.15, 0.2) is 83.9 Å². The molecule has 3 heteroatoms. The van der Waals surface area contributed by atoms with Crippen LogP contribution in [0.4, 0.5) is 0 Å². The van der Waals surface area contributed by atoms with Crippen molar-refractivity contribution < 1.29 is 4.42 Å². The second kappa shape index (κ2) is 5.61. The van der Waals surface area contributed by atoms with Gasteiger partial charge >= 0.3 is 0 Å². The summed E-state index contributed by atoms with van der Waals surface area (Å²) in [5.41, 5.74) is 5.73. The molecule has 2 aromatic carbocycles. The largest absolute Gasteiger partial charge is 0.472 e. The lowest BCUT2D eigenvalue weighted by molar-refractivity contribution is 0.568. The van der Waals surface area contributed by atoms with Crippen molar-refractivity contribution in [3.8, 4) is 27.9 Å². The van der Waals surface area contributed by atoms with Crippen molar-refractivity contribution in [1.82, 2.24) is 9.55 Å². The molecule has 2 aromatic heterocycles. The Bertz CT molecular complexity index is 936. The van der Waals surface area contributed by atoms with Crippen LogP contribution in [-0.4, -0.2) is 9.55 Å². The van der Waals surface area contributed by atoms with Gasteiger partial charge < -0.3 is 8.98 Å². The molecule has 23 heavy (non-hydrogen) atoms. The van der Waals surface area contributed by atoms with Gasteiger partial charge in [-0.25, -0.2) is 4.98 Å². The van der Waals surface area contributed by atoms with Gasteiger partial charge in [0.05, 0.1) is 12.5 Å². The third kappa shape index (κ3) is 2.57. The highest BCUT2D eigenvalue weighted by molar-refractivity contribution is 5.73. The molecule has 0 amide bonds. The van der Waals surface area contributed by atoms with Gasteiger partial charge in [-0.05, 0) is 47.9 Å². The van der Waals surface area contributed by atoms with Crippen molar-refractivity contribution in [3.63, 3.8) is 0 Å². The molecule has 0 aliphatic heterocycles. The average molecular weight is 300 g/mol. The second-order valence-electron chi connectivity index (χ2n) is 5.49. The lowest BCUT2D eigenvalue weighted by atomic mass is 10.0. The summed E-state index contributed by atoms with van der Waals surface area (Å²) in [6, 6.07) is 18.9. The van der Waals surface area contributed by atoms with Gasteiger partial charge in [0.2, 0.25) is 0 Å². The maximum absolute atomic E-state index is 5.19. The van der Waals surface area contributed by atoms with Crippen molar-refractivity contribution in [2.45, 2.75) is 6.92 Å². The summed E-state index contributed by atoms with van der Waals surface area (Å²) >= 11 is 0. The van der Waals surface area contributed by atoms with Crippen LogP contribution in [0.25, 0.3) is 27.9 Å². The predicted octanol–water partition coefficient (Wildman–Crippen LogP) is 5.11. The molecule has 0 saturated carbocycles. The molecule has 0 aliphatic carbocycles. The van der Waals surface area contributed by atoms with Gasteiger partial charge in [-0.15, -0.1) is 0 Å². The number of imidazole rings is 1. The van der Waals surface area contributed by atoms with Gasteiger partial charge in [0.25, 0.3) is 0 Å². The minimum absolute atomic E-state index is 0.981. The Balaban J connectivity index is 1.77. The molecular formula is C20H16N2O. The highest BCUT2D eigenvalue weighted by Crippen LogP contribution is 2.28. The van der Waals surface area contributed by atoms with Crippen LogP contribution in [0.3, 0.4) is 0 Å². The highest BCUT2D eigenvalue weighted by atomic mass is 16.3. The van der Waals surface area contributed by atoms with Crippen molar-refractivity contribution in [3.05, 3.63) is 85.3 Å². The standard InChI is InChI=1S/C20H16N2O/c1-15-21-9-10-22(15)20-7-3-6-18(13-20)16-4-2-5-17(12-16)19-8-11-23-14-19/h2-14H,1H3. The first-order chi connectivity index (χ1) is 11.3. The molecule has 0 saturated heterocycles. The number of hydrogen-bond donors (Lipinski definition) is 0. The number of aromatic nitrogens is 2. The van der Waals surface area contributed by atoms with Gasteiger partial charge in [-0.2, -0.15) is 0 Å². The molecular weight excluding hydrogens is 284 g/mol. The lowest BCUT2D eigenvalue weighted by Gasteiger charge is -2.09. The molecule has 0 radical (unpaired) electrons. The van der Waals surface area contributed by atoms with Crippen LogP contribution in [0.1, 0.15) is 5.82 Å². The van der Waals surface area contributed by atoms with E-state index in [0.717, 1.165) is 22.6 Å². The molecule has 0 spiro atoms. The van der Waals surface area contributed by atoms with Crippen molar-refractivity contribution in [2.75, 3.05) is 0 Å². The summed E-state index contributed by atoms with van der Waals surface area (Å²) in [6.45, 7) is 2.01. The monoisotopic (exact) mass is 300 g/mol. The Kier molecular flexibility index (Phi) is 3.31. The Hall–Kier alpha value is -3.07. The molecule has 0 atom stereocenters. The molecule has 3 nitrogen and oxygen atoms in total. The predicted molar refractivity (Wildman–Crippen MR) is 91.4 cm³/mol. The molecule has 0 fully saturated rings. The van der Waals surface area contributed by atoms with E-state index in [4.69, 9.17) is 4.42 Å². The van der Waals surface area contributed by atoms with Crippen LogP contribution in [-0.2, 0) is 0 Å². The zero-order chi connectivity index (χ0) is 15.6. The minimum Gasteiger partial charge on any atom is -0.472 e. The summed E-state index contributed by atoms with van der Waals surface area (Å²) in [6.07, 6.45) is 7.27. The van der Waals surface area contributed by atoms with E-state index in [1.165, 1.54) is 11.1 Å². The fourth-order valence-corrected chi connectivity index (χ4v) is 2.79. The average Bonchev–Trinajstić information content (AvgIpc) is 3.27. The first-order valence-corrected chi connectivity index (χ1v) is 7.55. The Morgan fingerprint density at radius 3 is 2.30 bits per heavy atom. The maximum Gasteiger partial charge on any atom is 0.110 e. The van der Waals surface area contributed by atoms with Gasteiger partial charge in [0, 0.05) is 23.6 Å². The van der Waals surface area contributed by atoms with Crippen molar-refractivity contribution in [1.29, 1.82) is 0 Å². The lowest BCUT2D eigenvalue weighted by Crippen LogP contribution is -1.95. The number of furan rings is 1. The van der Waals surface area contributed by atoms with Gasteiger partial charge in [0.15, 0.2) is 0 Å². The topological polar surface area (TPSA) is 31.0 Å². The fraction of sp³-hybridized carbons (Fsp3) is 0.0500. The molecule has 0 unspecified atom stereocenters. The maximum atomic E-state index is 5.19. The number of hydrogen-bond acceptors (Lipinski definition) is 2. The Morgan fingerprint density at radius 1 is 0.870 bits per heavy atom. The molecule has 0 N–H and O–H groups in total. The Morgan fingerprint density at radius 2 is 1.61 bits per heavy atom. The van der Waals surface area contributed by atoms with Crippen LogP contribution in [0, 0.1) is 6.92 Å². The van der Waals surface area contributed by atoms with Gasteiger partial charge in [-0.3, -0.25) is 0 Å². The first-order valence-electron chi connectivity index (χ1n) is 7.55. The van der Waals surface area contributed by atoms with E-state index in [-0.39, 0.29) is 0 Å². The summed E-state index contributed by atoms with van der Waals surface area (Å²) in [7, 11) is 0. The van der Waals surface area contributed by atoms with E-state index in [9.17, 15) is 0 Å². The summed E-state index contributed by atoms with van der Waals surface area (Å²) in [5.74, 6) is 0.981. The quantitative estimate of drug-likeness (QED) is 0.526. The zero-order valence-corrected chi connectivity index (χ0v) is 12.8. The van der Waals surface area contributed by atoms with Gasteiger partial charge in [-0.1, -0.05) is 30.3 Å². The van der Waals surface area contributed by atoms with Crippen LogP contribution >= 0.6 is 0 Å². The van der Waals surface area contributed by atoms with E-state index >= 15 is 0 Å². The number of aryl methyl sites for hydroxylation is 1. The number of nitrogens with zero attached hydrogens (tertiary/aromatic N) is 2. The van der Waals surface area contributed by atoms with Crippen molar-refractivity contribution >= 4 is 0 Å². The van der Waals surface area contributed by atoms with Crippen LogP contribution in [0.5, 0.6) is 0 Å². The third-order valence-corrected chi connectivity index (χ3v) is 4.00. The van der Waals surface area contributed by atoms with Crippen LogP contribution < -0.4 is 0 Å². The fourth-order valence-electron chi connectivity index (χ4n) is 2.79. The minimum atomic E-state index is 0.981. The SMILES string of the molecule is Cc1nccn1-c1cccc(-c2cccc(-c3ccoc3)c2)c1. The zero-order valence-electron chi connectivity index (χ0n) is 12.8. The first kappa shape index (κ1) is 13.6. The van der Waals surface area contributed by atoms with Crippen LogP contribution in [0.2, 0.25) is 0 Å².